The Morgan fingerprint density at radius 2 is 1.67 bits per heavy atom. The second-order valence-electron chi connectivity index (χ2n) is 11.6. The largest absolute Gasteiger partial charge is 0.492 e. The van der Waals surface area contributed by atoms with Gasteiger partial charge >= 0.3 is 14.8 Å². The molecule has 1 aliphatic rings. The van der Waals surface area contributed by atoms with Gasteiger partial charge in [0.2, 0.25) is 0 Å². The van der Waals surface area contributed by atoms with Crippen molar-refractivity contribution in [3.05, 3.63) is 29.3 Å². The molecule has 0 radical (unpaired) electrons. The molecule has 0 saturated carbocycles. The zero-order chi connectivity index (χ0) is 29.3. The van der Waals surface area contributed by atoms with Crippen LogP contribution in [-0.4, -0.2) is 42.5 Å². The molecule has 1 aromatic carbocycles. The van der Waals surface area contributed by atoms with E-state index in [0.717, 1.165) is 18.9 Å². The lowest BCUT2D eigenvalue weighted by Crippen LogP contribution is -2.35. The Morgan fingerprint density at radius 1 is 1.03 bits per heavy atom. The SMILES string of the molecule is CCCC#CCCOc1ccc(CCC2(COP(OC(C)(C)C)OC(C)(C)C)COC(C)=N2)cc1C(F)(F)F. The van der Waals surface area contributed by atoms with Crippen LogP contribution in [0.25, 0.3) is 0 Å². The summed E-state index contributed by atoms with van der Waals surface area (Å²) >= 11 is 0. The molecule has 1 atom stereocenters. The lowest BCUT2D eigenvalue weighted by molar-refractivity contribution is -0.139. The first-order valence-electron chi connectivity index (χ1n) is 13.3. The Kier molecular flexibility index (Phi) is 12.1. The van der Waals surface area contributed by atoms with Crippen LogP contribution < -0.4 is 4.74 Å². The van der Waals surface area contributed by atoms with Crippen LogP contribution in [0.5, 0.6) is 5.75 Å². The fraction of sp³-hybridized carbons (Fsp3) is 0.690. The predicted molar refractivity (Wildman–Crippen MR) is 149 cm³/mol. The number of benzene rings is 1. The van der Waals surface area contributed by atoms with E-state index in [1.807, 2.05) is 48.5 Å². The van der Waals surface area contributed by atoms with E-state index in [1.165, 1.54) is 6.07 Å². The predicted octanol–water partition coefficient (Wildman–Crippen LogP) is 8.27. The van der Waals surface area contributed by atoms with Crippen LogP contribution >= 0.6 is 8.60 Å². The maximum absolute atomic E-state index is 13.9. The maximum Gasteiger partial charge on any atom is 0.419 e. The van der Waals surface area contributed by atoms with E-state index >= 15 is 0 Å². The van der Waals surface area contributed by atoms with Crippen molar-refractivity contribution in [1.82, 2.24) is 0 Å². The van der Waals surface area contributed by atoms with E-state index < -0.39 is 37.1 Å². The summed E-state index contributed by atoms with van der Waals surface area (Å²) in [6.45, 7) is 15.8. The lowest BCUT2D eigenvalue weighted by atomic mass is 9.93. The van der Waals surface area contributed by atoms with Crippen LogP contribution in [0.3, 0.4) is 0 Å². The fourth-order valence-electron chi connectivity index (χ4n) is 3.57. The first-order valence-corrected chi connectivity index (χ1v) is 14.4. The zero-order valence-corrected chi connectivity index (χ0v) is 25.4. The molecule has 1 aliphatic heterocycles. The summed E-state index contributed by atoms with van der Waals surface area (Å²) in [6, 6.07) is 4.19. The molecule has 1 heterocycles. The van der Waals surface area contributed by atoms with Crippen molar-refractivity contribution in [2.45, 2.75) is 110 Å². The topological polar surface area (TPSA) is 58.5 Å². The molecule has 0 spiro atoms. The quantitative estimate of drug-likeness (QED) is 0.143. The standard InChI is InChI=1S/C29H43F3NO5P/c1-9-10-11-12-13-18-34-25-15-14-23(19-24(25)29(30,31)32)16-17-28(20-35-22(2)33-28)21-36-39(37-26(3,4)5)38-27(6,7)8/h14-15,19H,9-10,13,16-18,20-21H2,1-8H3. The fourth-order valence-corrected chi connectivity index (χ4v) is 4.96. The summed E-state index contributed by atoms with van der Waals surface area (Å²) < 4.78 is 70.8. The third-order valence-corrected chi connectivity index (χ3v) is 7.03. The van der Waals surface area contributed by atoms with Crippen LogP contribution in [-0.2, 0) is 30.9 Å². The highest BCUT2D eigenvalue weighted by Gasteiger charge is 2.39. The van der Waals surface area contributed by atoms with Gasteiger partial charge in [-0.2, -0.15) is 13.2 Å². The molecule has 1 aromatic rings. The number of ether oxygens (including phenoxy) is 2. The summed E-state index contributed by atoms with van der Waals surface area (Å²) in [5.74, 6) is 6.21. The van der Waals surface area contributed by atoms with Crippen LogP contribution in [0.4, 0.5) is 13.2 Å². The number of rotatable bonds is 12. The lowest BCUT2D eigenvalue weighted by Gasteiger charge is -2.32. The van der Waals surface area contributed by atoms with Crippen LogP contribution in [0.1, 0.15) is 92.2 Å². The Morgan fingerprint density at radius 3 is 2.21 bits per heavy atom. The van der Waals surface area contributed by atoms with Gasteiger partial charge in [-0.05, 0) is 78.5 Å². The van der Waals surface area contributed by atoms with E-state index in [1.54, 1.807) is 13.0 Å². The van der Waals surface area contributed by atoms with Crippen molar-refractivity contribution in [1.29, 1.82) is 0 Å². The van der Waals surface area contributed by atoms with Crippen molar-refractivity contribution < 1.29 is 36.2 Å². The molecule has 0 saturated heterocycles. The van der Waals surface area contributed by atoms with E-state index in [0.29, 0.717) is 30.7 Å². The van der Waals surface area contributed by atoms with Crippen molar-refractivity contribution in [2.75, 3.05) is 19.8 Å². The van der Waals surface area contributed by atoms with Gasteiger partial charge in [0.25, 0.3) is 0 Å². The normalized spacial score (nSPS) is 18.0. The molecule has 0 aromatic heterocycles. The molecule has 6 nitrogen and oxygen atoms in total. The number of alkyl halides is 3. The Labute approximate surface area is 233 Å². The summed E-state index contributed by atoms with van der Waals surface area (Å²) in [6.07, 6.45) is -1.71. The van der Waals surface area contributed by atoms with E-state index in [4.69, 9.17) is 23.0 Å². The average Bonchev–Trinajstić information content (AvgIpc) is 3.17. The monoisotopic (exact) mass is 573 g/mol. The van der Waals surface area contributed by atoms with Gasteiger partial charge in [0, 0.05) is 19.8 Å². The number of aliphatic imine (C=N–C) groups is 1. The Balaban J connectivity index is 2.14. The van der Waals surface area contributed by atoms with Crippen LogP contribution in [0.15, 0.2) is 23.2 Å². The molecule has 220 valence electrons. The maximum atomic E-state index is 13.9. The molecule has 39 heavy (non-hydrogen) atoms. The van der Waals surface area contributed by atoms with E-state index in [-0.39, 0.29) is 25.6 Å². The molecule has 0 fully saturated rings. The Bertz CT molecular complexity index is 1000. The van der Waals surface area contributed by atoms with Crippen molar-refractivity contribution in [2.24, 2.45) is 4.99 Å². The number of halogens is 3. The average molecular weight is 574 g/mol. The highest BCUT2D eigenvalue weighted by molar-refractivity contribution is 7.41. The molecule has 0 N–H and O–H groups in total. The third-order valence-electron chi connectivity index (χ3n) is 5.29. The van der Waals surface area contributed by atoms with Crippen molar-refractivity contribution >= 4 is 14.5 Å². The number of unbranched alkanes of at least 4 members (excludes halogenated alkanes) is 1. The summed E-state index contributed by atoms with van der Waals surface area (Å²) in [5.41, 5.74) is -2.02. The van der Waals surface area contributed by atoms with Gasteiger partial charge in [-0.1, -0.05) is 18.9 Å². The second kappa shape index (κ2) is 14.2. The van der Waals surface area contributed by atoms with Gasteiger partial charge in [0.1, 0.15) is 17.9 Å². The molecule has 0 amide bonds. The molecular formula is C29H43F3NO5P. The van der Waals surface area contributed by atoms with Gasteiger partial charge in [0.15, 0.2) is 5.90 Å². The van der Waals surface area contributed by atoms with Crippen molar-refractivity contribution in [3.8, 4) is 17.6 Å². The number of hydrogen-bond donors (Lipinski definition) is 0. The minimum Gasteiger partial charge on any atom is -0.492 e. The summed E-state index contributed by atoms with van der Waals surface area (Å²) in [5, 5.41) is 0. The summed E-state index contributed by atoms with van der Waals surface area (Å²) in [4.78, 5) is 4.67. The van der Waals surface area contributed by atoms with Crippen LogP contribution in [0.2, 0.25) is 0 Å². The van der Waals surface area contributed by atoms with Gasteiger partial charge in [-0.15, -0.1) is 5.92 Å². The molecule has 0 aliphatic carbocycles. The highest BCUT2D eigenvalue weighted by atomic mass is 31.2. The highest BCUT2D eigenvalue weighted by Crippen LogP contribution is 2.48. The molecule has 10 heteroatoms. The molecule has 0 bridgehead atoms. The van der Waals surface area contributed by atoms with Crippen LogP contribution in [0, 0.1) is 11.8 Å². The number of aryl methyl sites for hydroxylation is 1. The Hall–Kier alpha value is -1.85. The van der Waals surface area contributed by atoms with Gasteiger partial charge in [0.05, 0.1) is 30.0 Å². The van der Waals surface area contributed by atoms with Crippen molar-refractivity contribution in [3.63, 3.8) is 0 Å². The van der Waals surface area contributed by atoms with Gasteiger partial charge < -0.3 is 23.0 Å². The first-order chi connectivity index (χ1) is 18.0. The van der Waals surface area contributed by atoms with Gasteiger partial charge in [-0.3, -0.25) is 0 Å². The third kappa shape index (κ3) is 12.5. The van der Waals surface area contributed by atoms with E-state index in [2.05, 4.69) is 16.8 Å². The first kappa shape index (κ1) is 33.4. The number of hydrogen-bond acceptors (Lipinski definition) is 6. The van der Waals surface area contributed by atoms with E-state index in [9.17, 15) is 13.2 Å². The minimum absolute atomic E-state index is 0.0984. The molecule has 2 rings (SSSR count). The van der Waals surface area contributed by atoms with Gasteiger partial charge in [-0.25, -0.2) is 4.99 Å². The smallest absolute Gasteiger partial charge is 0.419 e. The second-order valence-corrected chi connectivity index (χ2v) is 12.6. The molecular weight excluding hydrogens is 530 g/mol. The minimum atomic E-state index is -4.55. The summed E-state index contributed by atoms with van der Waals surface area (Å²) in [7, 11) is -1.70. The molecule has 1 unspecified atom stereocenters. The number of nitrogens with zero attached hydrogens (tertiary/aromatic N) is 1. The zero-order valence-electron chi connectivity index (χ0n) is 24.5.